The number of hydrogen-bond acceptors (Lipinski definition) is 5. The number of nitrogens with zero attached hydrogens (tertiary/aromatic N) is 1. The SMILES string of the molecule is CCOc1ccc(S(=O)(=O)N2CCCC(CNCC(=O)O)C2)cc1. The Morgan fingerprint density at radius 1 is 1.38 bits per heavy atom. The molecule has 2 rings (SSSR count). The van der Waals surface area contributed by atoms with Gasteiger partial charge >= 0.3 is 5.97 Å². The lowest BCUT2D eigenvalue weighted by molar-refractivity contribution is -0.136. The molecule has 0 saturated carbocycles. The van der Waals surface area contributed by atoms with Crippen LogP contribution in [0, 0.1) is 5.92 Å². The van der Waals surface area contributed by atoms with E-state index < -0.39 is 16.0 Å². The smallest absolute Gasteiger partial charge is 0.317 e. The Morgan fingerprint density at radius 2 is 2.08 bits per heavy atom. The van der Waals surface area contributed by atoms with Gasteiger partial charge in [0, 0.05) is 13.1 Å². The number of nitrogens with one attached hydrogen (secondary N) is 1. The Bertz CT molecular complexity index is 645. The molecule has 7 nitrogen and oxygen atoms in total. The third kappa shape index (κ3) is 4.93. The van der Waals surface area contributed by atoms with Crippen molar-refractivity contribution in [1.82, 2.24) is 9.62 Å². The largest absolute Gasteiger partial charge is 0.494 e. The van der Waals surface area contributed by atoms with E-state index in [0.717, 1.165) is 12.8 Å². The van der Waals surface area contributed by atoms with E-state index in [4.69, 9.17) is 9.84 Å². The molecule has 134 valence electrons. The highest BCUT2D eigenvalue weighted by Gasteiger charge is 2.30. The van der Waals surface area contributed by atoms with Gasteiger partial charge in [-0.25, -0.2) is 8.42 Å². The number of piperidine rings is 1. The van der Waals surface area contributed by atoms with Gasteiger partial charge in [0.1, 0.15) is 5.75 Å². The summed E-state index contributed by atoms with van der Waals surface area (Å²) >= 11 is 0. The normalized spacial score (nSPS) is 19.1. The lowest BCUT2D eigenvalue weighted by atomic mass is 10.00. The molecule has 1 heterocycles. The summed E-state index contributed by atoms with van der Waals surface area (Å²) in [7, 11) is -3.53. The van der Waals surface area contributed by atoms with Gasteiger partial charge in [-0.15, -0.1) is 0 Å². The molecule has 1 saturated heterocycles. The molecule has 24 heavy (non-hydrogen) atoms. The molecule has 1 aliphatic rings. The quantitative estimate of drug-likeness (QED) is 0.726. The van der Waals surface area contributed by atoms with Gasteiger partial charge in [-0.2, -0.15) is 4.31 Å². The predicted octanol–water partition coefficient (Wildman–Crippen LogP) is 1.16. The Hall–Kier alpha value is -1.64. The highest BCUT2D eigenvalue weighted by atomic mass is 32.2. The third-order valence-electron chi connectivity index (χ3n) is 3.96. The fourth-order valence-corrected chi connectivity index (χ4v) is 4.37. The summed E-state index contributed by atoms with van der Waals surface area (Å²) in [5.41, 5.74) is 0. The molecule has 0 spiro atoms. The summed E-state index contributed by atoms with van der Waals surface area (Å²) in [6.07, 6.45) is 1.66. The standard InChI is InChI=1S/C16H24N2O5S/c1-2-23-14-5-7-15(8-6-14)24(21,22)18-9-3-4-13(12-18)10-17-11-16(19)20/h5-8,13,17H,2-4,9-12H2,1H3,(H,19,20). The summed E-state index contributed by atoms with van der Waals surface area (Å²) in [5.74, 6) is -0.147. The maximum Gasteiger partial charge on any atom is 0.317 e. The van der Waals surface area contributed by atoms with Crippen LogP contribution in [0.4, 0.5) is 0 Å². The van der Waals surface area contributed by atoms with Gasteiger partial charge in [0.25, 0.3) is 0 Å². The molecule has 0 radical (unpaired) electrons. The highest BCUT2D eigenvalue weighted by molar-refractivity contribution is 7.89. The molecule has 1 atom stereocenters. The van der Waals surface area contributed by atoms with Crippen LogP contribution < -0.4 is 10.1 Å². The molecule has 1 aromatic rings. The van der Waals surface area contributed by atoms with E-state index in [1.54, 1.807) is 24.3 Å². The van der Waals surface area contributed by atoms with E-state index >= 15 is 0 Å². The van der Waals surface area contributed by atoms with Crippen LogP contribution in [0.1, 0.15) is 19.8 Å². The fraction of sp³-hybridized carbons (Fsp3) is 0.562. The number of benzene rings is 1. The molecule has 1 aliphatic heterocycles. The Morgan fingerprint density at radius 3 is 2.71 bits per heavy atom. The van der Waals surface area contributed by atoms with Crippen molar-refractivity contribution < 1.29 is 23.1 Å². The number of carboxylic acid groups (broad SMARTS) is 1. The molecule has 2 N–H and O–H groups in total. The van der Waals surface area contributed by atoms with E-state index in [1.165, 1.54) is 4.31 Å². The number of rotatable bonds is 8. The molecule has 1 fully saturated rings. The Labute approximate surface area is 142 Å². The summed E-state index contributed by atoms with van der Waals surface area (Å²) in [6.45, 7) is 3.69. The van der Waals surface area contributed by atoms with Crippen LogP contribution in [0.15, 0.2) is 29.2 Å². The van der Waals surface area contributed by atoms with Crippen LogP contribution in [0.5, 0.6) is 5.75 Å². The van der Waals surface area contributed by atoms with E-state index in [-0.39, 0.29) is 17.4 Å². The van der Waals surface area contributed by atoms with Crippen molar-refractivity contribution >= 4 is 16.0 Å². The Kier molecular flexibility index (Phi) is 6.59. The number of carboxylic acids is 1. The van der Waals surface area contributed by atoms with Crippen molar-refractivity contribution in [1.29, 1.82) is 0 Å². The molecule has 1 unspecified atom stereocenters. The first kappa shape index (κ1) is 18.7. The molecule has 0 amide bonds. The molecule has 0 aliphatic carbocycles. The number of sulfonamides is 1. The molecule has 0 bridgehead atoms. The molecule has 8 heteroatoms. The minimum atomic E-state index is -3.53. The first-order valence-electron chi connectivity index (χ1n) is 8.09. The average Bonchev–Trinajstić information content (AvgIpc) is 2.56. The van der Waals surface area contributed by atoms with Crippen LogP contribution >= 0.6 is 0 Å². The van der Waals surface area contributed by atoms with Gasteiger partial charge in [0.05, 0.1) is 18.0 Å². The zero-order valence-electron chi connectivity index (χ0n) is 13.8. The van der Waals surface area contributed by atoms with Crippen molar-refractivity contribution in [2.45, 2.75) is 24.7 Å². The van der Waals surface area contributed by atoms with E-state index in [9.17, 15) is 13.2 Å². The van der Waals surface area contributed by atoms with Gasteiger partial charge in [-0.05, 0) is 56.5 Å². The monoisotopic (exact) mass is 356 g/mol. The van der Waals surface area contributed by atoms with Crippen LogP contribution in [0.2, 0.25) is 0 Å². The number of hydrogen-bond donors (Lipinski definition) is 2. The number of aliphatic carboxylic acids is 1. The summed E-state index contributed by atoms with van der Waals surface area (Å²) in [6, 6.07) is 6.44. The van der Waals surface area contributed by atoms with Crippen molar-refractivity contribution in [3.05, 3.63) is 24.3 Å². The number of ether oxygens (including phenoxy) is 1. The van der Waals surface area contributed by atoms with Crippen LogP contribution in [0.3, 0.4) is 0 Å². The van der Waals surface area contributed by atoms with E-state index in [1.807, 2.05) is 6.92 Å². The summed E-state index contributed by atoms with van der Waals surface area (Å²) < 4.78 is 32.3. The zero-order chi connectivity index (χ0) is 17.6. The van der Waals surface area contributed by atoms with Crippen molar-refractivity contribution in [2.75, 3.05) is 32.8 Å². The van der Waals surface area contributed by atoms with Crippen LogP contribution in [0.25, 0.3) is 0 Å². The van der Waals surface area contributed by atoms with Crippen molar-refractivity contribution in [2.24, 2.45) is 5.92 Å². The summed E-state index contributed by atoms with van der Waals surface area (Å²) in [4.78, 5) is 10.8. The second kappa shape index (κ2) is 8.46. The second-order valence-corrected chi connectivity index (χ2v) is 7.74. The summed E-state index contributed by atoms with van der Waals surface area (Å²) in [5, 5.41) is 11.5. The second-order valence-electron chi connectivity index (χ2n) is 5.80. The third-order valence-corrected chi connectivity index (χ3v) is 5.84. The fourth-order valence-electron chi connectivity index (χ4n) is 2.82. The molecular formula is C16H24N2O5S. The molecule has 1 aromatic carbocycles. The molecule has 0 aromatic heterocycles. The number of carbonyl (C=O) groups is 1. The van der Waals surface area contributed by atoms with Gasteiger partial charge in [-0.3, -0.25) is 4.79 Å². The van der Waals surface area contributed by atoms with Gasteiger partial charge in [0.2, 0.25) is 10.0 Å². The van der Waals surface area contributed by atoms with Crippen LogP contribution in [-0.2, 0) is 14.8 Å². The van der Waals surface area contributed by atoms with Gasteiger partial charge < -0.3 is 15.2 Å². The minimum absolute atomic E-state index is 0.109. The van der Waals surface area contributed by atoms with Gasteiger partial charge in [0.15, 0.2) is 0 Å². The highest BCUT2D eigenvalue weighted by Crippen LogP contribution is 2.24. The van der Waals surface area contributed by atoms with Crippen LogP contribution in [-0.4, -0.2) is 56.6 Å². The first-order chi connectivity index (χ1) is 11.4. The maximum atomic E-state index is 12.8. The van der Waals surface area contributed by atoms with Gasteiger partial charge in [-0.1, -0.05) is 0 Å². The van der Waals surface area contributed by atoms with E-state index in [2.05, 4.69) is 5.32 Å². The topological polar surface area (TPSA) is 95.9 Å². The average molecular weight is 356 g/mol. The van der Waals surface area contributed by atoms with E-state index in [0.29, 0.717) is 32.0 Å². The van der Waals surface area contributed by atoms with Crippen molar-refractivity contribution in [3.8, 4) is 5.75 Å². The molecular weight excluding hydrogens is 332 g/mol. The predicted molar refractivity (Wildman–Crippen MR) is 89.6 cm³/mol. The lowest BCUT2D eigenvalue weighted by Gasteiger charge is -2.32. The minimum Gasteiger partial charge on any atom is -0.494 e. The maximum absolute atomic E-state index is 12.8. The van der Waals surface area contributed by atoms with Crippen molar-refractivity contribution in [3.63, 3.8) is 0 Å². The first-order valence-corrected chi connectivity index (χ1v) is 9.53. The Balaban J connectivity index is 2.01. The zero-order valence-corrected chi connectivity index (χ0v) is 14.6. The lowest BCUT2D eigenvalue weighted by Crippen LogP contribution is -2.43.